The zero-order valence-electron chi connectivity index (χ0n) is 16.5. The zero-order chi connectivity index (χ0) is 22.5. The number of rotatable bonds is 8. The minimum absolute atomic E-state index is 0.0250. The minimum atomic E-state index is -1.68. The monoisotopic (exact) mass is 447 g/mol. The van der Waals surface area contributed by atoms with Crippen molar-refractivity contribution in [3.8, 4) is 0 Å². The van der Waals surface area contributed by atoms with Crippen LogP contribution in [0.5, 0.6) is 0 Å². The van der Waals surface area contributed by atoms with E-state index in [1.165, 1.54) is 0 Å². The number of fused-ring (bicyclic) bond motifs is 1. The maximum atomic E-state index is 10.7. The summed E-state index contributed by atoms with van der Waals surface area (Å²) in [7, 11) is 0. The molecule has 5 N–H and O–H groups in total. The van der Waals surface area contributed by atoms with Crippen molar-refractivity contribution in [1.82, 2.24) is 0 Å². The fourth-order valence-corrected chi connectivity index (χ4v) is 3.41. The number of aliphatic hydroxyl groups excluding tert-OH is 5. The van der Waals surface area contributed by atoms with E-state index in [4.69, 9.17) is 29.3 Å². The SMILES string of the molecule is CC1=N[C@H]2[C@@H](O1)O[C@H](CO)[C@@H](O[C@@H]1O[C@H](C=NOCCN=[N+]=[N-])[C@H](O)[C@H](O)[C@H]1O)[C@@H]2O. The van der Waals surface area contributed by atoms with Gasteiger partial charge in [0.25, 0.3) is 0 Å². The Kier molecular flexibility index (Phi) is 7.99. The lowest BCUT2D eigenvalue weighted by molar-refractivity contribution is -0.330. The number of ether oxygens (including phenoxy) is 4. The molecule has 0 aromatic rings. The number of hydrogen-bond acceptors (Lipinski definition) is 13. The second-order valence-electron chi connectivity index (χ2n) is 7.06. The molecule has 2 fully saturated rings. The van der Waals surface area contributed by atoms with E-state index in [2.05, 4.69) is 20.2 Å². The topological polar surface area (TPSA) is 221 Å². The summed E-state index contributed by atoms with van der Waals surface area (Å²) in [6.07, 6.45) is -11.0. The van der Waals surface area contributed by atoms with Crippen molar-refractivity contribution >= 4 is 12.1 Å². The lowest BCUT2D eigenvalue weighted by Gasteiger charge is -2.44. The molecule has 3 rings (SSSR count). The normalized spacial score (nSPS) is 42.5. The van der Waals surface area contributed by atoms with E-state index in [1.54, 1.807) is 6.92 Å². The van der Waals surface area contributed by atoms with Gasteiger partial charge in [-0.1, -0.05) is 10.3 Å². The summed E-state index contributed by atoms with van der Waals surface area (Å²) in [5, 5.41) is 57.7. The van der Waals surface area contributed by atoms with E-state index in [-0.39, 0.29) is 13.2 Å². The number of nitrogens with zero attached hydrogens (tertiary/aromatic N) is 5. The van der Waals surface area contributed by atoms with Gasteiger partial charge in [-0.15, -0.1) is 0 Å². The van der Waals surface area contributed by atoms with Crippen LogP contribution >= 0.6 is 0 Å². The van der Waals surface area contributed by atoms with E-state index in [1.807, 2.05) is 0 Å². The highest BCUT2D eigenvalue weighted by molar-refractivity contribution is 5.75. The van der Waals surface area contributed by atoms with Crippen molar-refractivity contribution in [2.75, 3.05) is 19.8 Å². The van der Waals surface area contributed by atoms with Crippen LogP contribution < -0.4 is 0 Å². The lowest BCUT2D eigenvalue weighted by atomic mass is 9.96. The van der Waals surface area contributed by atoms with Crippen molar-refractivity contribution in [3.05, 3.63) is 10.4 Å². The molecule has 0 unspecified atom stereocenters. The molecule has 3 heterocycles. The first-order chi connectivity index (χ1) is 14.9. The summed E-state index contributed by atoms with van der Waals surface area (Å²) in [6, 6.07) is -0.814. The van der Waals surface area contributed by atoms with Crippen molar-refractivity contribution in [1.29, 1.82) is 0 Å². The third-order valence-corrected chi connectivity index (χ3v) is 4.96. The molecule has 0 aromatic carbocycles. The molecule has 174 valence electrons. The van der Waals surface area contributed by atoms with E-state index >= 15 is 0 Å². The highest BCUT2D eigenvalue weighted by Gasteiger charge is 2.52. The fourth-order valence-electron chi connectivity index (χ4n) is 3.41. The number of azide groups is 1. The van der Waals surface area contributed by atoms with Gasteiger partial charge in [-0.25, -0.2) is 4.99 Å². The first-order valence-corrected chi connectivity index (χ1v) is 9.54. The molecular weight excluding hydrogens is 422 g/mol. The third kappa shape index (κ3) is 5.23. The van der Waals surface area contributed by atoms with E-state index in [9.17, 15) is 25.5 Å². The summed E-state index contributed by atoms with van der Waals surface area (Å²) in [5.41, 5.74) is 8.19. The number of hydrogen-bond donors (Lipinski definition) is 5. The average molecular weight is 447 g/mol. The average Bonchev–Trinajstić information content (AvgIpc) is 3.14. The molecular formula is C16H25N5O10. The largest absolute Gasteiger partial charge is 0.450 e. The van der Waals surface area contributed by atoms with Gasteiger partial charge in [-0.3, -0.25) is 0 Å². The molecule has 0 aromatic heterocycles. The van der Waals surface area contributed by atoms with Crippen LogP contribution in [0.2, 0.25) is 0 Å². The standard InChI is InChI=1S/C16H25N5O10/c1-6-20-9-11(24)14(8(5-22)30-15(9)28-6)31-16-13(26)12(25)10(23)7(29-16)4-19-27-3-2-18-21-17/h4,7-16,22-26H,2-3,5H2,1H3/t7-,8-,9-,10+,11-,12+,13-,14-,15+,16+/m1/s1. The van der Waals surface area contributed by atoms with Gasteiger partial charge in [-0.05, 0) is 5.53 Å². The summed E-state index contributed by atoms with van der Waals surface area (Å²) < 4.78 is 22.0. The Morgan fingerprint density at radius 2 is 1.94 bits per heavy atom. The minimum Gasteiger partial charge on any atom is -0.450 e. The van der Waals surface area contributed by atoms with Gasteiger partial charge in [0, 0.05) is 11.8 Å². The molecule has 15 nitrogen and oxygen atoms in total. The van der Waals surface area contributed by atoms with Crippen LogP contribution in [0.25, 0.3) is 10.4 Å². The second kappa shape index (κ2) is 10.5. The van der Waals surface area contributed by atoms with Gasteiger partial charge in [0.15, 0.2) is 12.2 Å². The molecule has 3 aliphatic heterocycles. The summed E-state index contributed by atoms with van der Waals surface area (Å²) in [6.45, 7) is 1.06. The second-order valence-corrected chi connectivity index (χ2v) is 7.06. The Bertz CT molecular complexity index is 719. The molecule has 0 spiro atoms. The van der Waals surface area contributed by atoms with Crippen molar-refractivity contribution in [2.24, 2.45) is 15.3 Å². The number of aliphatic hydroxyl groups is 5. The summed E-state index contributed by atoms with van der Waals surface area (Å²) in [5.74, 6) is 0.302. The van der Waals surface area contributed by atoms with Gasteiger partial charge in [0.2, 0.25) is 6.29 Å². The van der Waals surface area contributed by atoms with Crippen LogP contribution in [0.15, 0.2) is 15.3 Å². The van der Waals surface area contributed by atoms with E-state index in [0.29, 0.717) is 5.90 Å². The Labute approximate surface area is 176 Å². The number of aliphatic imine (C=N–C) groups is 1. The lowest BCUT2D eigenvalue weighted by Crippen LogP contribution is -2.63. The molecule has 31 heavy (non-hydrogen) atoms. The van der Waals surface area contributed by atoms with Crippen LogP contribution in [0.3, 0.4) is 0 Å². The Morgan fingerprint density at radius 1 is 1.16 bits per heavy atom. The summed E-state index contributed by atoms with van der Waals surface area (Å²) >= 11 is 0. The van der Waals surface area contributed by atoms with Crippen molar-refractivity contribution < 1.29 is 49.3 Å². The highest BCUT2D eigenvalue weighted by atomic mass is 16.7. The maximum Gasteiger partial charge on any atom is 0.227 e. The van der Waals surface area contributed by atoms with Gasteiger partial charge >= 0.3 is 0 Å². The molecule has 10 atom stereocenters. The van der Waals surface area contributed by atoms with E-state index < -0.39 is 68.0 Å². The highest BCUT2D eigenvalue weighted by Crippen LogP contribution is 2.32. The molecule has 15 heteroatoms. The molecule has 2 saturated heterocycles. The first-order valence-electron chi connectivity index (χ1n) is 9.54. The van der Waals surface area contributed by atoms with Crippen LogP contribution in [-0.4, -0.2) is 119 Å². The van der Waals surface area contributed by atoms with Crippen LogP contribution in [0.1, 0.15) is 6.92 Å². The molecule has 0 bridgehead atoms. The van der Waals surface area contributed by atoms with E-state index in [0.717, 1.165) is 6.21 Å². The van der Waals surface area contributed by atoms with Crippen LogP contribution in [0.4, 0.5) is 0 Å². The quantitative estimate of drug-likeness (QED) is 0.0651. The Balaban J connectivity index is 1.67. The number of oxime groups is 1. The van der Waals surface area contributed by atoms with Crippen molar-refractivity contribution in [3.63, 3.8) is 0 Å². The predicted octanol–water partition coefficient (Wildman–Crippen LogP) is -2.61. The Hall–Kier alpha value is -2.07. The zero-order valence-corrected chi connectivity index (χ0v) is 16.5. The molecule has 3 aliphatic rings. The van der Waals surface area contributed by atoms with Crippen LogP contribution in [0, 0.1) is 0 Å². The first kappa shape index (κ1) is 23.6. The Morgan fingerprint density at radius 3 is 2.65 bits per heavy atom. The summed E-state index contributed by atoms with van der Waals surface area (Å²) in [4.78, 5) is 11.5. The third-order valence-electron chi connectivity index (χ3n) is 4.96. The molecule has 0 radical (unpaired) electrons. The van der Waals surface area contributed by atoms with Crippen LogP contribution in [-0.2, 0) is 23.8 Å². The van der Waals surface area contributed by atoms with Gasteiger partial charge in [0.05, 0.1) is 19.4 Å². The fraction of sp³-hybridized carbons (Fsp3) is 0.875. The van der Waals surface area contributed by atoms with Gasteiger partial charge in [0.1, 0.15) is 55.4 Å². The molecule has 0 aliphatic carbocycles. The van der Waals surface area contributed by atoms with Gasteiger partial charge in [-0.2, -0.15) is 0 Å². The maximum absolute atomic E-state index is 10.7. The predicted molar refractivity (Wildman–Crippen MR) is 99.7 cm³/mol. The molecule has 0 saturated carbocycles. The van der Waals surface area contributed by atoms with Gasteiger partial charge < -0.3 is 49.3 Å². The smallest absolute Gasteiger partial charge is 0.227 e. The van der Waals surface area contributed by atoms with Crippen molar-refractivity contribution in [2.45, 2.75) is 68.3 Å². The molecule has 0 amide bonds.